The molecular weight excluding hydrogens is 387 g/mol. The zero-order chi connectivity index (χ0) is 19.6. The highest BCUT2D eigenvalue weighted by Gasteiger charge is 2.16. The van der Waals surface area contributed by atoms with Gasteiger partial charge in [0.05, 0.1) is 22.1 Å². The van der Waals surface area contributed by atoms with E-state index >= 15 is 0 Å². The van der Waals surface area contributed by atoms with E-state index in [1.54, 1.807) is 36.4 Å². The van der Waals surface area contributed by atoms with E-state index in [1.165, 1.54) is 11.7 Å². The van der Waals surface area contributed by atoms with E-state index in [1.807, 2.05) is 18.0 Å². The summed E-state index contributed by atoms with van der Waals surface area (Å²) in [6, 6.07) is 12.3. The smallest absolute Gasteiger partial charge is 0.275 e. The molecule has 3 rings (SSSR count). The second-order valence-corrected chi connectivity index (χ2v) is 7.00. The Morgan fingerprint density at radius 2 is 1.85 bits per heavy atom. The minimum Gasteiger partial charge on any atom is -0.354 e. The fourth-order valence-corrected chi connectivity index (χ4v) is 3.17. The van der Waals surface area contributed by atoms with Crippen LogP contribution in [0.1, 0.15) is 16.1 Å². The lowest BCUT2D eigenvalue weighted by atomic mass is 10.1. The van der Waals surface area contributed by atoms with Gasteiger partial charge in [-0.1, -0.05) is 47.5 Å². The molecule has 0 aliphatic heterocycles. The molecular formula is C19H18Cl2N4O2. The van der Waals surface area contributed by atoms with Gasteiger partial charge in [-0.3, -0.25) is 14.5 Å². The molecule has 27 heavy (non-hydrogen) atoms. The van der Waals surface area contributed by atoms with Crippen LogP contribution in [0, 0.1) is 0 Å². The minimum atomic E-state index is -0.341. The van der Waals surface area contributed by atoms with Gasteiger partial charge in [-0.2, -0.15) is 5.10 Å². The van der Waals surface area contributed by atoms with Crippen molar-refractivity contribution < 1.29 is 4.79 Å². The van der Waals surface area contributed by atoms with Crippen molar-refractivity contribution in [1.82, 2.24) is 20.0 Å². The maximum absolute atomic E-state index is 12.8. The van der Waals surface area contributed by atoms with Crippen molar-refractivity contribution in [2.24, 2.45) is 0 Å². The van der Waals surface area contributed by atoms with Gasteiger partial charge in [-0.05, 0) is 30.8 Å². The van der Waals surface area contributed by atoms with Crippen molar-refractivity contribution in [3.63, 3.8) is 0 Å². The van der Waals surface area contributed by atoms with Crippen molar-refractivity contribution in [3.8, 4) is 0 Å². The highest BCUT2D eigenvalue weighted by molar-refractivity contribution is 6.42. The predicted molar refractivity (Wildman–Crippen MR) is 107 cm³/mol. The second-order valence-electron chi connectivity index (χ2n) is 6.18. The molecule has 0 bridgehead atoms. The molecule has 3 aromatic rings. The quantitative estimate of drug-likeness (QED) is 0.708. The Kier molecular flexibility index (Phi) is 5.79. The normalized spacial score (nSPS) is 11.1. The Labute approximate surface area is 166 Å². The first kappa shape index (κ1) is 19.4. The topological polar surface area (TPSA) is 67.2 Å². The lowest BCUT2D eigenvalue weighted by Gasteiger charge is -2.19. The maximum Gasteiger partial charge on any atom is 0.275 e. The largest absolute Gasteiger partial charge is 0.354 e. The van der Waals surface area contributed by atoms with Gasteiger partial charge < -0.3 is 5.32 Å². The molecule has 0 aliphatic rings. The number of rotatable bonds is 5. The van der Waals surface area contributed by atoms with E-state index in [0.29, 0.717) is 27.4 Å². The lowest BCUT2D eigenvalue weighted by molar-refractivity contribution is 0.0956. The van der Waals surface area contributed by atoms with Gasteiger partial charge >= 0.3 is 0 Å². The second kappa shape index (κ2) is 8.08. The van der Waals surface area contributed by atoms with Gasteiger partial charge in [0.25, 0.3) is 11.5 Å². The van der Waals surface area contributed by atoms with Gasteiger partial charge in [-0.25, -0.2) is 4.68 Å². The molecule has 0 spiro atoms. The van der Waals surface area contributed by atoms with E-state index in [0.717, 1.165) is 5.56 Å². The van der Waals surface area contributed by atoms with E-state index in [4.69, 9.17) is 23.2 Å². The molecule has 2 aromatic carbocycles. The van der Waals surface area contributed by atoms with Crippen LogP contribution in [0.25, 0.3) is 10.8 Å². The van der Waals surface area contributed by atoms with Crippen LogP contribution in [-0.2, 0) is 13.2 Å². The number of carbonyl (C=O) groups excluding carboxylic acids is 1. The molecule has 0 saturated heterocycles. The van der Waals surface area contributed by atoms with Crippen LogP contribution < -0.4 is 10.9 Å². The van der Waals surface area contributed by atoms with Crippen LogP contribution in [-0.4, -0.2) is 34.7 Å². The number of aromatic nitrogens is 2. The summed E-state index contributed by atoms with van der Waals surface area (Å²) in [5.74, 6) is -0.341. The molecule has 0 fully saturated rings. The molecule has 1 aromatic heterocycles. The Morgan fingerprint density at radius 1 is 1.15 bits per heavy atom. The number of nitrogens with zero attached hydrogens (tertiary/aromatic N) is 3. The molecule has 0 radical (unpaired) electrons. The van der Waals surface area contributed by atoms with Gasteiger partial charge in [0.1, 0.15) is 0 Å². The Morgan fingerprint density at radius 3 is 2.52 bits per heavy atom. The summed E-state index contributed by atoms with van der Waals surface area (Å²) < 4.78 is 1.30. The van der Waals surface area contributed by atoms with E-state index in [2.05, 4.69) is 10.4 Å². The van der Waals surface area contributed by atoms with E-state index in [9.17, 15) is 9.59 Å². The monoisotopic (exact) mass is 404 g/mol. The zero-order valence-corrected chi connectivity index (χ0v) is 16.4. The number of amides is 1. The van der Waals surface area contributed by atoms with Gasteiger partial charge in [0, 0.05) is 19.0 Å². The Bertz CT molecular complexity index is 1070. The first-order chi connectivity index (χ1) is 12.9. The summed E-state index contributed by atoms with van der Waals surface area (Å²) in [6.45, 7) is 0.751. The molecule has 0 saturated carbocycles. The molecule has 8 heteroatoms. The third-order valence-corrected chi connectivity index (χ3v) is 4.86. The summed E-state index contributed by atoms with van der Waals surface area (Å²) in [4.78, 5) is 26.9. The number of hydrogen-bond donors (Lipinski definition) is 1. The number of benzene rings is 2. The number of fused-ring (bicyclic) bond motifs is 1. The molecule has 6 nitrogen and oxygen atoms in total. The first-order valence-corrected chi connectivity index (χ1v) is 9.00. The molecule has 1 amide bonds. The summed E-state index contributed by atoms with van der Waals surface area (Å²) in [5.41, 5.74) is 0.919. The average Bonchev–Trinajstić information content (AvgIpc) is 2.66. The Hall–Kier alpha value is -2.41. The maximum atomic E-state index is 12.8. The van der Waals surface area contributed by atoms with Crippen molar-refractivity contribution in [3.05, 3.63) is 74.1 Å². The fourth-order valence-electron chi connectivity index (χ4n) is 2.85. The summed E-state index contributed by atoms with van der Waals surface area (Å²) in [5, 5.41) is 8.81. The molecule has 0 aliphatic carbocycles. The van der Waals surface area contributed by atoms with Crippen LogP contribution in [0.15, 0.2) is 47.3 Å². The summed E-state index contributed by atoms with van der Waals surface area (Å²) in [6.07, 6.45) is 0. The number of nitrogens with one attached hydrogen (secondary N) is 1. The number of hydrogen-bond acceptors (Lipinski definition) is 4. The molecule has 1 N–H and O–H groups in total. The van der Waals surface area contributed by atoms with Gasteiger partial charge in [-0.15, -0.1) is 0 Å². The van der Waals surface area contributed by atoms with Crippen molar-refractivity contribution in [2.45, 2.75) is 13.2 Å². The number of carbonyl (C=O) groups is 1. The first-order valence-electron chi connectivity index (χ1n) is 8.25. The van der Waals surface area contributed by atoms with Gasteiger partial charge in [0.15, 0.2) is 5.69 Å². The summed E-state index contributed by atoms with van der Waals surface area (Å²) in [7, 11) is 3.38. The Balaban J connectivity index is 1.94. The van der Waals surface area contributed by atoms with Crippen LogP contribution >= 0.6 is 23.2 Å². The zero-order valence-electron chi connectivity index (χ0n) is 14.9. The van der Waals surface area contributed by atoms with E-state index < -0.39 is 0 Å². The highest BCUT2D eigenvalue weighted by Crippen LogP contribution is 2.23. The van der Waals surface area contributed by atoms with Crippen molar-refractivity contribution in [1.29, 1.82) is 0 Å². The minimum absolute atomic E-state index is 0.216. The highest BCUT2D eigenvalue weighted by atomic mass is 35.5. The van der Waals surface area contributed by atoms with Crippen LogP contribution in [0.4, 0.5) is 0 Å². The van der Waals surface area contributed by atoms with Gasteiger partial charge in [0.2, 0.25) is 0 Å². The van der Waals surface area contributed by atoms with Crippen LogP contribution in [0.3, 0.4) is 0 Å². The molecule has 0 atom stereocenters. The third kappa shape index (κ3) is 4.13. The van der Waals surface area contributed by atoms with E-state index in [-0.39, 0.29) is 23.8 Å². The third-order valence-electron chi connectivity index (χ3n) is 4.12. The lowest BCUT2D eigenvalue weighted by Crippen LogP contribution is -2.34. The summed E-state index contributed by atoms with van der Waals surface area (Å²) >= 11 is 12.0. The fraction of sp³-hybridized carbons (Fsp3) is 0.211. The standard InChI is InChI=1S/C19H18Cl2N4O2/c1-22-18(26)17-13-5-3-4-6-14(13)19(27)25(23-17)11-24(2)10-12-7-8-15(20)16(21)9-12/h3-9H,10-11H2,1-2H3,(H,22,26). The number of halogens is 2. The average molecular weight is 405 g/mol. The molecule has 1 heterocycles. The predicted octanol–water partition coefficient (Wildman–Crippen LogP) is 3.15. The SMILES string of the molecule is CNC(=O)c1nn(CN(C)Cc2ccc(Cl)c(Cl)c2)c(=O)c2ccccc12. The molecule has 0 unspecified atom stereocenters. The molecule has 140 valence electrons. The van der Waals surface area contributed by atoms with Crippen LogP contribution in [0.5, 0.6) is 0 Å². The van der Waals surface area contributed by atoms with Crippen molar-refractivity contribution in [2.75, 3.05) is 14.1 Å². The van der Waals surface area contributed by atoms with Crippen molar-refractivity contribution >= 4 is 39.9 Å². The van der Waals surface area contributed by atoms with Crippen LogP contribution in [0.2, 0.25) is 10.0 Å².